The average molecular weight is 496 g/mol. The van der Waals surface area contributed by atoms with Crippen LogP contribution in [0.5, 0.6) is 5.75 Å². The Morgan fingerprint density at radius 1 is 1.07 bits per heavy atom. The van der Waals surface area contributed by atoms with Crippen molar-refractivity contribution in [3.05, 3.63) is 42.5 Å². The molecule has 1 aliphatic rings. The minimum Gasteiger partial charge on any atom is -0.491 e. The molecule has 3 rings (SSSR count). The van der Waals surface area contributed by atoms with Crippen molar-refractivity contribution in [1.82, 2.24) is 16.0 Å². The highest BCUT2D eigenvalue weighted by Crippen LogP contribution is 2.28. The zero-order chi connectivity index (χ0) is 18.9. The van der Waals surface area contributed by atoms with E-state index < -0.39 is 0 Å². The number of carbonyl (C=O) groups excluding carboxylic acids is 1. The number of guanidine groups is 1. The number of rotatable bonds is 9. The predicted molar refractivity (Wildman–Crippen MR) is 125 cm³/mol. The molecule has 0 heterocycles. The summed E-state index contributed by atoms with van der Waals surface area (Å²) in [5.41, 5.74) is 0. The molecular weight excluding hydrogens is 467 g/mol. The maximum absolute atomic E-state index is 11.6. The zero-order valence-electron chi connectivity index (χ0n) is 16.2. The van der Waals surface area contributed by atoms with Crippen LogP contribution < -0.4 is 20.7 Å². The van der Waals surface area contributed by atoms with E-state index in [1.165, 1.54) is 5.39 Å². The van der Waals surface area contributed by atoms with Crippen molar-refractivity contribution in [2.75, 3.05) is 32.8 Å². The van der Waals surface area contributed by atoms with Crippen molar-refractivity contribution in [2.45, 2.75) is 19.8 Å². The summed E-state index contributed by atoms with van der Waals surface area (Å²) in [7, 11) is 0. The molecule has 1 fully saturated rings. The first-order valence-corrected chi connectivity index (χ1v) is 9.68. The lowest BCUT2D eigenvalue weighted by atomic mass is 10.1. The van der Waals surface area contributed by atoms with Gasteiger partial charge in [0.15, 0.2) is 5.96 Å². The number of nitrogens with zero attached hydrogens (tertiary/aromatic N) is 1. The molecular formula is C21H29IN4O2. The van der Waals surface area contributed by atoms with Gasteiger partial charge >= 0.3 is 0 Å². The molecule has 0 bridgehead atoms. The van der Waals surface area contributed by atoms with E-state index in [1.54, 1.807) is 0 Å². The fourth-order valence-electron chi connectivity index (χ4n) is 2.83. The van der Waals surface area contributed by atoms with E-state index in [4.69, 9.17) is 4.74 Å². The Hall–Kier alpha value is -2.03. The van der Waals surface area contributed by atoms with Gasteiger partial charge in [0.1, 0.15) is 12.4 Å². The predicted octanol–water partition coefficient (Wildman–Crippen LogP) is 2.92. The number of hydrogen-bond acceptors (Lipinski definition) is 3. The van der Waals surface area contributed by atoms with Crippen molar-refractivity contribution in [3.63, 3.8) is 0 Å². The van der Waals surface area contributed by atoms with Gasteiger partial charge in [-0.1, -0.05) is 36.4 Å². The fourth-order valence-corrected chi connectivity index (χ4v) is 2.83. The van der Waals surface area contributed by atoms with Gasteiger partial charge < -0.3 is 20.7 Å². The standard InChI is InChI=1S/C21H28N4O2.HI/c1-2-22-21(24-13-12-23-20(26)17-10-11-17)25-14-15-27-19-9-5-7-16-6-3-4-8-18(16)19;/h3-9,17H,2,10-15H2,1H3,(H,23,26)(H2,22,24,25);1H. The molecule has 0 spiro atoms. The van der Waals surface area contributed by atoms with Crippen LogP contribution in [-0.2, 0) is 4.79 Å². The second kappa shape index (κ2) is 11.7. The lowest BCUT2D eigenvalue weighted by Crippen LogP contribution is -2.40. The third-order valence-electron chi connectivity index (χ3n) is 4.38. The van der Waals surface area contributed by atoms with E-state index in [1.807, 2.05) is 31.2 Å². The number of ether oxygens (including phenoxy) is 1. The molecule has 1 aliphatic carbocycles. The van der Waals surface area contributed by atoms with Gasteiger partial charge in [0.25, 0.3) is 0 Å². The van der Waals surface area contributed by atoms with E-state index in [9.17, 15) is 4.79 Å². The van der Waals surface area contributed by atoms with E-state index in [2.05, 4.69) is 39.1 Å². The van der Waals surface area contributed by atoms with Gasteiger partial charge in [0.2, 0.25) is 5.91 Å². The van der Waals surface area contributed by atoms with Crippen LogP contribution in [0.4, 0.5) is 0 Å². The van der Waals surface area contributed by atoms with E-state index >= 15 is 0 Å². The molecule has 0 atom stereocenters. The number of carbonyl (C=O) groups is 1. The Labute approximate surface area is 183 Å². The normalized spacial score (nSPS) is 13.5. The van der Waals surface area contributed by atoms with Crippen LogP contribution in [-0.4, -0.2) is 44.7 Å². The highest BCUT2D eigenvalue weighted by Gasteiger charge is 2.28. The summed E-state index contributed by atoms with van der Waals surface area (Å²) in [6.45, 7) is 5.11. The van der Waals surface area contributed by atoms with Crippen molar-refractivity contribution < 1.29 is 9.53 Å². The molecule has 0 aliphatic heterocycles. The highest BCUT2D eigenvalue weighted by atomic mass is 127. The topological polar surface area (TPSA) is 74.8 Å². The lowest BCUT2D eigenvalue weighted by molar-refractivity contribution is -0.122. The molecule has 28 heavy (non-hydrogen) atoms. The Kier molecular flexibility index (Phi) is 9.33. The first-order valence-electron chi connectivity index (χ1n) is 9.68. The van der Waals surface area contributed by atoms with Crippen LogP contribution in [0.25, 0.3) is 10.8 Å². The maximum atomic E-state index is 11.6. The molecule has 1 saturated carbocycles. The second-order valence-electron chi connectivity index (χ2n) is 6.58. The third-order valence-corrected chi connectivity index (χ3v) is 4.38. The zero-order valence-corrected chi connectivity index (χ0v) is 18.6. The second-order valence-corrected chi connectivity index (χ2v) is 6.58. The van der Waals surface area contributed by atoms with Crippen LogP contribution in [0.2, 0.25) is 0 Å². The number of amides is 1. The van der Waals surface area contributed by atoms with Crippen LogP contribution >= 0.6 is 24.0 Å². The molecule has 0 aromatic heterocycles. The van der Waals surface area contributed by atoms with Gasteiger partial charge in [-0.25, -0.2) is 0 Å². The molecule has 0 saturated heterocycles. The summed E-state index contributed by atoms with van der Waals surface area (Å²) in [6, 6.07) is 14.3. The van der Waals surface area contributed by atoms with Crippen molar-refractivity contribution in [1.29, 1.82) is 0 Å². The Morgan fingerprint density at radius 3 is 2.64 bits per heavy atom. The minimum absolute atomic E-state index is 0. The summed E-state index contributed by atoms with van der Waals surface area (Å²) in [4.78, 5) is 16.1. The van der Waals surface area contributed by atoms with Crippen LogP contribution in [0.3, 0.4) is 0 Å². The van der Waals surface area contributed by atoms with Gasteiger partial charge in [-0.2, -0.15) is 0 Å². The van der Waals surface area contributed by atoms with Gasteiger partial charge in [-0.3, -0.25) is 9.79 Å². The average Bonchev–Trinajstić information content (AvgIpc) is 3.53. The molecule has 1 amide bonds. The largest absolute Gasteiger partial charge is 0.491 e. The first-order chi connectivity index (χ1) is 13.3. The summed E-state index contributed by atoms with van der Waals surface area (Å²) in [6.07, 6.45) is 2.05. The van der Waals surface area contributed by atoms with E-state index in [0.29, 0.717) is 26.2 Å². The minimum atomic E-state index is 0. The SMILES string of the molecule is CCNC(=NCCNC(=O)C1CC1)NCCOc1cccc2ccccc12.I. The van der Waals surface area contributed by atoms with Crippen LogP contribution in [0.1, 0.15) is 19.8 Å². The number of benzene rings is 2. The molecule has 0 radical (unpaired) electrons. The van der Waals surface area contributed by atoms with Gasteiger partial charge in [0.05, 0.1) is 13.1 Å². The highest BCUT2D eigenvalue weighted by molar-refractivity contribution is 14.0. The molecule has 7 heteroatoms. The number of fused-ring (bicyclic) bond motifs is 1. The van der Waals surface area contributed by atoms with Gasteiger partial charge in [-0.15, -0.1) is 24.0 Å². The number of hydrogen-bond donors (Lipinski definition) is 3. The smallest absolute Gasteiger partial charge is 0.223 e. The fraction of sp³-hybridized carbons (Fsp3) is 0.429. The molecule has 3 N–H and O–H groups in total. The maximum Gasteiger partial charge on any atom is 0.223 e. The number of aliphatic imine (C=N–C) groups is 1. The summed E-state index contributed by atoms with van der Waals surface area (Å²) in [5, 5.41) is 11.7. The molecule has 0 unspecified atom stereocenters. The lowest BCUT2D eigenvalue weighted by Gasteiger charge is -2.13. The Bertz CT molecular complexity index is 788. The van der Waals surface area contributed by atoms with Crippen molar-refractivity contribution in [3.8, 4) is 5.75 Å². The van der Waals surface area contributed by atoms with E-state index in [-0.39, 0.29) is 35.8 Å². The van der Waals surface area contributed by atoms with Crippen LogP contribution in [0.15, 0.2) is 47.5 Å². The number of nitrogens with one attached hydrogen (secondary N) is 3. The molecule has 2 aromatic rings. The van der Waals surface area contributed by atoms with Crippen LogP contribution in [0, 0.1) is 5.92 Å². The summed E-state index contributed by atoms with van der Waals surface area (Å²) >= 11 is 0. The molecule has 6 nitrogen and oxygen atoms in total. The Balaban J connectivity index is 0.00000280. The quantitative estimate of drug-likeness (QED) is 0.216. The molecule has 152 valence electrons. The monoisotopic (exact) mass is 496 g/mol. The Morgan fingerprint density at radius 2 is 1.86 bits per heavy atom. The van der Waals surface area contributed by atoms with Gasteiger partial charge in [-0.05, 0) is 31.2 Å². The number of halogens is 1. The summed E-state index contributed by atoms with van der Waals surface area (Å²) in [5.74, 6) is 2.03. The summed E-state index contributed by atoms with van der Waals surface area (Å²) < 4.78 is 5.94. The van der Waals surface area contributed by atoms with Crippen molar-refractivity contribution in [2.24, 2.45) is 10.9 Å². The van der Waals surface area contributed by atoms with Crippen molar-refractivity contribution >= 4 is 46.6 Å². The van der Waals surface area contributed by atoms with E-state index in [0.717, 1.165) is 36.5 Å². The third kappa shape index (κ3) is 6.85. The first kappa shape index (κ1) is 22.3. The molecule has 2 aromatic carbocycles. The van der Waals surface area contributed by atoms with Gasteiger partial charge in [0, 0.05) is 24.4 Å².